The van der Waals surface area contributed by atoms with E-state index in [0.717, 1.165) is 12.8 Å². The molecular weight excluding hydrogens is 172 g/mol. The standard InChI is InChI=1S/C10H17ClO/c1-3-4-5-6-7-8-9(2)10(11)12/h2-8H2,1H3. The molecule has 0 aliphatic carbocycles. The van der Waals surface area contributed by atoms with Crippen molar-refractivity contribution in [3.63, 3.8) is 0 Å². The van der Waals surface area contributed by atoms with Gasteiger partial charge in [-0.25, -0.2) is 0 Å². The van der Waals surface area contributed by atoms with Crippen molar-refractivity contribution in [3.05, 3.63) is 12.2 Å². The van der Waals surface area contributed by atoms with Gasteiger partial charge in [-0.15, -0.1) is 0 Å². The lowest BCUT2D eigenvalue weighted by atomic mass is 10.1. The quantitative estimate of drug-likeness (QED) is 0.339. The van der Waals surface area contributed by atoms with Gasteiger partial charge in [0.2, 0.25) is 5.24 Å². The summed E-state index contributed by atoms with van der Waals surface area (Å²) >= 11 is 5.23. The normalized spacial score (nSPS) is 9.83. The van der Waals surface area contributed by atoms with Crippen LogP contribution < -0.4 is 0 Å². The first-order chi connectivity index (χ1) is 5.68. The number of hydrogen-bond donors (Lipinski definition) is 0. The summed E-state index contributed by atoms with van der Waals surface area (Å²) in [5, 5.41) is -0.384. The molecule has 12 heavy (non-hydrogen) atoms. The van der Waals surface area contributed by atoms with Gasteiger partial charge in [0.05, 0.1) is 0 Å². The summed E-state index contributed by atoms with van der Waals surface area (Å²) in [5.74, 6) is 0. The fraction of sp³-hybridized carbons (Fsp3) is 0.700. The molecule has 0 rings (SSSR count). The second kappa shape index (κ2) is 7.35. The molecule has 0 radical (unpaired) electrons. The van der Waals surface area contributed by atoms with Crippen LogP contribution in [0.2, 0.25) is 0 Å². The van der Waals surface area contributed by atoms with Gasteiger partial charge in [0.25, 0.3) is 0 Å². The highest BCUT2D eigenvalue weighted by Gasteiger charge is 2.01. The molecule has 0 heterocycles. The fourth-order valence-electron chi connectivity index (χ4n) is 1.04. The molecule has 0 amide bonds. The maximum atomic E-state index is 10.5. The molecule has 0 spiro atoms. The van der Waals surface area contributed by atoms with Crippen molar-refractivity contribution in [1.29, 1.82) is 0 Å². The average Bonchev–Trinajstić information content (AvgIpc) is 2.03. The summed E-state index contributed by atoms with van der Waals surface area (Å²) in [7, 11) is 0. The summed E-state index contributed by atoms with van der Waals surface area (Å²) in [6.07, 6.45) is 6.75. The Hall–Kier alpha value is -0.300. The van der Waals surface area contributed by atoms with Gasteiger partial charge in [0.15, 0.2) is 0 Å². The van der Waals surface area contributed by atoms with Gasteiger partial charge in [0, 0.05) is 5.57 Å². The molecule has 0 aromatic heterocycles. The minimum atomic E-state index is -0.384. The van der Waals surface area contributed by atoms with Gasteiger partial charge < -0.3 is 0 Å². The zero-order valence-corrected chi connectivity index (χ0v) is 8.49. The Balaban J connectivity index is 3.20. The predicted molar refractivity (Wildman–Crippen MR) is 53.4 cm³/mol. The Morgan fingerprint density at radius 1 is 1.25 bits per heavy atom. The molecule has 0 bridgehead atoms. The molecule has 0 unspecified atom stereocenters. The molecule has 0 aromatic rings. The van der Waals surface area contributed by atoms with Crippen LogP contribution in [0.15, 0.2) is 12.2 Å². The van der Waals surface area contributed by atoms with Gasteiger partial charge in [-0.1, -0.05) is 39.2 Å². The van der Waals surface area contributed by atoms with Crippen molar-refractivity contribution in [2.75, 3.05) is 0 Å². The van der Waals surface area contributed by atoms with Crippen LogP contribution >= 0.6 is 11.6 Å². The number of unbranched alkanes of at least 4 members (excludes halogenated alkanes) is 4. The Morgan fingerprint density at radius 3 is 2.33 bits per heavy atom. The lowest BCUT2D eigenvalue weighted by molar-refractivity contribution is -0.108. The van der Waals surface area contributed by atoms with Crippen LogP contribution in [0.1, 0.15) is 45.4 Å². The van der Waals surface area contributed by atoms with Crippen LogP contribution in [-0.2, 0) is 4.79 Å². The van der Waals surface area contributed by atoms with Gasteiger partial charge in [-0.3, -0.25) is 4.79 Å². The summed E-state index contributed by atoms with van der Waals surface area (Å²) in [6, 6.07) is 0. The first-order valence-corrected chi connectivity index (χ1v) is 4.94. The lowest BCUT2D eigenvalue weighted by Gasteiger charge is -1.99. The van der Waals surface area contributed by atoms with Crippen LogP contribution in [-0.4, -0.2) is 5.24 Å². The molecule has 70 valence electrons. The topological polar surface area (TPSA) is 17.1 Å². The largest absolute Gasteiger partial charge is 0.276 e. The van der Waals surface area contributed by atoms with Crippen LogP contribution in [0, 0.1) is 0 Å². The summed E-state index contributed by atoms with van der Waals surface area (Å²) in [5.41, 5.74) is 0.549. The number of rotatable bonds is 7. The van der Waals surface area contributed by atoms with Gasteiger partial charge in [-0.05, 0) is 24.4 Å². The Bertz CT molecular complexity index is 152. The lowest BCUT2D eigenvalue weighted by Crippen LogP contribution is -1.91. The van der Waals surface area contributed by atoms with Crippen LogP contribution in [0.25, 0.3) is 0 Å². The third kappa shape index (κ3) is 6.41. The molecule has 0 N–H and O–H groups in total. The Labute approximate surface area is 79.8 Å². The summed E-state index contributed by atoms with van der Waals surface area (Å²) in [4.78, 5) is 10.5. The van der Waals surface area contributed by atoms with Crippen molar-refractivity contribution < 1.29 is 4.79 Å². The van der Waals surface area contributed by atoms with E-state index in [1.165, 1.54) is 25.7 Å². The molecule has 1 nitrogen and oxygen atoms in total. The molecule has 0 fully saturated rings. The number of allylic oxidation sites excluding steroid dienone is 1. The molecule has 0 aliphatic heterocycles. The predicted octanol–water partition coefficient (Wildman–Crippen LogP) is 3.67. The fourth-order valence-corrected chi connectivity index (χ4v) is 1.13. The second-order valence-corrected chi connectivity index (χ2v) is 3.38. The number of hydrogen-bond acceptors (Lipinski definition) is 1. The maximum absolute atomic E-state index is 10.5. The van der Waals surface area contributed by atoms with E-state index in [-0.39, 0.29) is 5.24 Å². The molecular formula is C10H17ClO. The first-order valence-electron chi connectivity index (χ1n) is 4.56. The molecule has 0 aliphatic rings. The first kappa shape index (κ1) is 11.7. The van der Waals surface area contributed by atoms with Crippen LogP contribution in [0.5, 0.6) is 0 Å². The molecule has 0 saturated carbocycles. The molecule has 0 saturated heterocycles. The van der Waals surface area contributed by atoms with Crippen molar-refractivity contribution in [2.45, 2.75) is 45.4 Å². The summed E-state index contributed by atoms with van der Waals surface area (Å²) in [6.45, 7) is 5.77. The Morgan fingerprint density at radius 2 is 1.83 bits per heavy atom. The van der Waals surface area contributed by atoms with Crippen molar-refractivity contribution >= 4 is 16.8 Å². The summed E-state index contributed by atoms with van der Waals surface area (Å²) < 4.78 is 0. The van der Waals surface area contributed by atoms with E-state index in [2.05, 4.69) is 13.5 Å². The monoisotopic (exact) mass is 188 g/mol. The average molecular weight is 189 g/mol. The van der Waals surface area contributed by atoms with E-state index in [4.69, 9.17) is 11.6 Å². The van der Waals surface area contributed by atoms with Gasteiger partial charge in [0.1, 0.15) is 0 Å². The van der Waals surface area contributed by atoms with E-state index in [1.54, 1.807) is 0 Å². The Kier molecular flexibility index (Phi) is 7.17. The highest BCUT2D eigenvalue weighted by molar-refractivity contribution is 6.67. The van der Waals surface area contributed by atoms with Crippen molar-refractivity contribution in [1.82, 2.24) is 0 Å². The minimum Gasteiger partial charge on any atom is -0.276 e. The third-order valence-corrected chi connectivity index (χ3v) is 2.13. The smallest absolute Gasteiger partial charge is 0.247 e. The second-order valence-electron chi connectivity index (χ2n) is 3.04. The number of halogens is 1. The zero-order chi connectivity index (χ0) is 9.40. The van der Waals surface area contributed by atoms with Crippen LogP contribution in [0.3, 0.4) is 0 Å². The van der Waals surface area contributed by atoms with E-state index in [0.29, 0.717) is 5.57 Å². The zero-order valence-electron chi connectivity index (χ0n) is 7.74. The van der Waals surface area contributed by atoms with E-state index < -0.39 is 0 Å². The van der Waals surface area contributed by atoms with Gasteiger partial charge in [-0.2, -0.15) is 0 Å². The molecule has 0 aromatic carbocycles. The highest BCUT2D eigenvalue weighted by Crippen LogP contribution is 2.11. The highest BCUT2D eigenvalue weighted by atomic mass is 35.5. The SMILES string of the molecule is C=C(CCCCCCC)C(=O)Cl. The minimum absolute atomic E-state index is 0.384. The van der Waals surface area contributed by atoms with E-state index >= 15 is 0 Å². The third-order valence-electron chi connectivity index (χ3n) is 1.86. The van der Waals surface area contributed by atoms with E-state index in [9.17, 15) is 4.79 Å². The van der Waals surface area contributed by atoms with Gasteiger partial charge >= 0.3 is 0 Å². The van der Waals surface area contributed by atoms with Crippen LogP contribution in [0.4, 0.5) is 0 Å². The number of carbonyl (C=O) groups is 1. The molecule has 2 heteroatoms. The van der Waals surface area contributed by atoms with E-state index in [1.807, 2.05) is 0 Å². The number of carbonyl (C=O) groups excluding carboxylic acids is 1. The molecule has 0 atom stereocenters. The van der Waals surface area contributed by atoms with Crippen molar-refractivity contribution in [2.24, 2.45) is 0 Å². The maximum Gasteiger partial charge on any atom is 0.247 e. The van der Waals surface area contributed by atoms with Crippen molar-refractivity contribution in [3.8, 4) is 0 Å².